The summed E-state index contributed by atoms with van der Waals surface area (Å²) in [6, 6.07) is 2.86. The minimum Gasteiger partial charge on any atom is -0.366 e. The van der Waals surface area contributed by atoms with Crippen LogP contribution in [0.1, 0.15) is 35.8 Å². The molecule has 1 amide bonds. The van der Waals surface area contributed by atoms with Crippen LogP contribution < -0.4 is 11.3 Å². The van der Waals surface area contributed by atoms with Crippen LogP contribution in [0.3, 0.4) is 0 Å². The third-order valence-corrected chi connectivity index (χ3v) is 1.98. The second kappa shape index (κ2) is 4.60. The van der Waals surface area contributed by atoms with Crippen molar-refractivity contribution in [3.63, 3.8) is 0 Å². The number of nitrogens with two attached hydrogens (primary N) is 1. The summed E-state index contributed by atoms with van der Waals surface area (Å²) in [5, 5.41) is 0. The molecule has 14 heavy (non-hydrogen) atoms. The summed E-state index contributed by atoms with van der Waals surface area (Å²) in [6.45, 7) is 2.07. The number of pyridine rings is 1. The van der Waals surface area contributed by atoms with Crippen molar-refractivity contribution in [2.45, 2.75) is 26.2 Å². The van der Waals surface area contributed by atoms with Crippen LogP contribution in [0.5, 0.6) is 0 Å². The molecule has 0 bridgehead atoms. The fraction of sp³-hybridized carbons (Fsp3) is 0.400. The van der Waals surface area contributed by atoms with E-state index in [4.69, 9.17) is 5.73 Å². The molecule has 0 radical (unpaired) electrons. The summed E-state index contributed by atoms with van der Waals surface area (Å²) in [6.07, 6.45) is 2.80. The Balaban J connectivity index is 2.95. The Labute approximate surface area is 82.1 Å². The van der Waals surface area contributed by atoms with Crippen LogP contribution >= 0.6 is 0 Å². The monoisotopic (exact) mass is 194 g/mol. The van der Waals surface area contributed by atoms with Crippen molar-refractivity contribution < 1.29 is 4.79 Å². The maximum atomic E-state index is 11.1. The van der Waals surface area contributed by atoms with Gasteiger partial charge in [0.2, 0.25) is 11.5 Å². The quantitative estimate of drug-likeness (QED) is 0.744. The standard InChI is InChI=1S/C10H14N2O2/c1-2-3-4-8-5-7(10(11)14)6-9(13)12-8/h5-6H,2-4H2,1H3,(H2,11,14)(H,12,13). The Kier molecular flexibility index (Phi) is 3.45. The van der Waals surface area contributed by atoms with Crippen molar-refractivity contribution in [2.24, 2.45) is 5.73 Å². The Hall–Kier alpha value is -1.58. The van der Waals surface area contributed by atoms with E-state index in [0.717, 1.165) is 25.0 Å². The second-order valence-electron chi connectivity index (χ2n) is 3.23. The zero-order valence-electron chi connectivity index (χ0n) is 8.17. The summed E-state index contributed by atoms with van der Waals surface area (Å²) >= 11 is 0. The number of carbonyl (C=O) groups is 1. The van der Waals surface area contributed by atoms with Gasteiger partial charge in [0.1, 0.15) is 0 Å². The lowest BCUT2D eigenvalue weighted by atomic mass is 10.1. The number of unbranched alkanes of at least 4 members (excludes halogenated alkanes) is 1. The Morgan fingerprint density at radius 3 is 2.79 bits per heavy atom. The van der Waals surface area contributed by atoms with Gasteiger partial charge in [0, 0.05) is 17.3 Å². The molecule has 1 rings (SSSR count). The van der Waals surface area contributed by atoms with Gasteiger partial charge in [-0.05, 0) is 18.9 Å². The van der Waals surface area contributed by atoms with Crippen molar-refractivity contribution in [3.05, 3.63) is 33.7 Å². The highest BCUT2D eigenvalue weighted by Gasteiger charge is 2.03. The molecule has 0 unspecified atom stereocenters. The number of aryl methyl sites for hydroxylation is 1. The Bertz CT molecular complexity index is 382. The van der Waals surface area contributed by atoms with Gasteiger partial charge >= 0.3 is 0 Å². The molecule has 0 saturated heterocycles. The van der Waals surface area contributed by atoms with Crippen LogP contribution in [0.25, 0.3) is 0 Å². The van der Waals surface area contributed by atoms with Crippen molar-refractivity contribution >= 4 is 5.91 Å². The van der Waals surface area contributed by atoms with Gasteiger partial charge in [-0.3, -0.25) is 9.59 Å². The van der Waals surface area contributed by atoms with Gasteiger partial charge < -0.3 is 10.7 Å². The zero-order chi connectivity index (χ0) is 10.6. The number of aromatic amines is 1. The molecule has 3 N–H and O–H groups in total. The van der Waals surface area contributed by atoms with Gasteiger partial charge in [0.25, 0.3) is 0 Å². The highest BCUT2D eigenvalue weighted by Crippen LogP contribution is 2.02. The molecule has 0 fully saturated rings. The molecule has 0 saturated carbocycles. The number of aromatic nitrogens is 1. The van der Waals surface area contributed by atoms with Crippen molar-refractivity contribution in [3.8, 4) is 0 Å². The minimum atomic E-state index is -0.561. The number of hydrogen-bond donors (Lipinski definition) is 2. The Morgan fingerprint density at radius 2 is 2.21 bits per heavy atom. The van der Waals surface area contributed by atoms with E-state index in [1.54, 1.807) is 6.07 Å². The van der Waals surface area contributed by atoms with Crippen LogP contribution in [-0.4, -0.2) is 10.9 Å². The summed E-state index contributed by atoms with van der Waals surface area (Å²) < 4.78 is 0. The molecule has 4 heteroatoms. The molecule has 0 aliphatic heterocycles. The fourth-order valence-corrected chi connectivity index (χ4v) is 1.25. The molecular formula is C10H14N2O2. The zero-order valence-corrected chi connectivity index (χ0v) is 8.17. The molecule has 1 aromatic rings. The van der Waals surface area contributed by atoms with Gasteiger partial charge in [-0.25, -0.2) is 0 Å². The van der Waals surface area contributed by atoms with E-state index >= 15 is 0 Å². The predicted molar refractivity (Wildman–Crippen MR) is 54.2 cm³/mol. The van der Waals surface area contributed by atoms with Crippen molar-refractivity contribution in [1.82, 2.24) is 4.98 Å². The third-order valence-electron chi connectivity index (χ3n) is 1.98. The summed E-state index contributed by atoms with van der Waals surface area (Å²) in [5.41, 5.74) is 5.87. The van der Waals surface area contributed by atoms with Gasteiger partial charge in [0.15, 0.2) is 0 Å². The maximum absolute atomic E-state index is 11.1. The van der Waals surface area contributed by atoms with E-state index in [1.807, 2.05) is 0 Å². The van der Waals surface area contributed by atoms with Crippen LogP contribution in [0, 0.1) is 0 Å². The average molecular weight is 194 g/mol. The summed E-state index contributed by atoms with van der Waals surface area (Å²) in [7, 11) is 0. The first kappa shape index (κ1) is 10.5. The lowest BCUT2D eigenvalue weighted by Gasteiger charge is -2.01. The molecular weight excluding hydrogens is 180 g/mol. The smallest absolute Gasteiger partial charge is 0.248 e. The molecule has 0 atom stereocenters. The minimum absolute atomic E-state index is 0.271. The molecule has 0 aromatic carbocycles. The SMILES string of the molecule is CCCCc1cc(C(N)=O)cc(=O)[nH]1. The van der Waals surface area contributed by atoms with Gasteiger partial charge in [0.05, 0.1) is 0 Å². The van der Waals surface area contributed by atoms with E-state index in [9.17, 15) is 9.59 Å². The highest BCUT2D eigenvalue weighted by atomic mass is 16.1. The maximum Gasteiger partial charge on any atom is 0.248 e. The van der Waals surface area contributed by atoms with Gasteiger partial charge in [-0.15, -0.1) is 0 Å². The average Bonchev–Trinajstić information content (AvgIpc) is 2.14. The molecule has 76 valence electrons. The number of primary amides is 1. The fourth-order valence-electron chi connectivity index (χ4n) is 1.25. The molecule has 4 nitrogen and oxygen atoms in total. The number of amides is 1. The number of rotatable bonds is 4. The van der Waals surface area contributed by atoms with Crippen LogP contribution in [0.2, 0.25) is 0 Å². The van der Waals surface area contributed by atoms with Crippen LogP contribution in [-0.2, 0) is 6.42 Å². The molecule has 1 heterocycles. The van der Waals surface area contributed by atoms with Crippen molar-refractivity contribution in [2.75, 3.05) is 0 Å². The van der Waals surface area contributed by atoms with Crippen LogP contribution in [0.4, 0.5) is 0 Å². The highest BCUT2D eigenvalue weighted by molar-refractivity contribution is 5.92. The number of H-pyrrole nitrogens is 1. The van der Waals surface area contributed by atoms with E-state index in [0.29, 0.717) is 0 Å². The Morgan fingerprint density at radius 1 is 1.50 bits per heavy atom. The first-order valence-corrected chi connectivity index (χ1v) is 4.66. The van der Waals surface area contributed by atoms with Gasteiger partial charge in [-0.1, -0.05) is 13.3 Å². The van der Waals surface area contributed by atoms with Crippen LogP contribution in [0.15, 0.2) is 16.9 Å². The lowest BCUT2D eigenvalue weighted by molar-refractivity contribution is 0.1000. The topological polar surface area (TPSA) is 76.0 Å². The summed E-state index contributed by atoms with van der Waals surface area (Å²) in [5.74, 6) is -0.561. The van der Waals surface area contributed by atoms with E-state index in [-0.39, 0.29) is 11.1 Å². The predicted octanol–water partition coefficient (Wildman–Crippen LogP) is 0.816. The van der Waals surface area contributed by atoms with E-state index in [2.05, 4.69) is 11.9 Å². The lowest BCUT2D eigenvalue weighted by Crippen LogP contribution is -2.17. The normalized spacial score (nSPS) is 10.1. The molecule has 0 spiro atoms. The number of nitrogens with one attached hydrogen (secondary N) is 1. The van der Waals surface area contributed by atoms with Gasteiger partial charge in [-0.2, -0.15) is 0 Å². The first-order chi connectivity index (χ1) is 6.63. The largest absolute Gasteiger partial charge is 0.366 e. The molecule has 1 aromatic heterocycles. The van der Waals surface area contributed by atoms with Crippen molar-refractivity contribution in [1.29, 1.82) is 0 Å². The number of carbonyl (C=O) groups excluding carboxylic acids is 1. The number of hydrogen-bond acceptors (Lipinski definition) is 2. The second-order valence-corrected chi connectivity index (χ2v) is 3.23. The van der Waals surface area contributed by atoms with E-state index < -0.39 is 5.91 Å². The third kappa shape index (κ3) is 2.73. The first-order valence-electron chi connectivity index (χ1n) is 4.66. The molecule has 0 aliphatic rings. The summed E-state index contributed by atoms with van der Waals surface area (Å²) in [4.78, 5) is 24.6. The van der Waals surface area contributed by atoms with E-state index in [1.165, 1.54) is 6.07 Å². The molecule has 0 aliphatic carbocycles.